The first-order valence-electron chi connectivity index (χ1n) is 13.9. The van der Waals surface area contributed by atoms with E-state index in [9.17, 15) is 9.59 Å². The summed E-state index contributed by atoms with van der Waals surface area (Å²) in [5.41, 5.74) is 1.62. The molecule has 0 heterocycles. The Kier molecular flexibility index (Phi) is 8.63. The lowest BCUT2D eigenvalue weighted by Crippen LogP contribution is -2.51. The second-order valence-electron chi connectivity index (χ2n) is 11.8. The first kappa shape index (κ1) is 25.3. The number of halogens is 1. The Morgan fingerprint density at radius 2 is 1.79 bits per heavy atom. The van der Waals surface area contributed by atoms with E-state index in [0.717, 1.165) is 49.8 Å². The minimum absolute atomic E-state index is 0.0967. The van der Waals surface area contributed by atoms with Gasteiger partial charge in [-0.2, -0.15) is 0 Å². The molecule has 7 atom stereocenters. The van der Waals surface area contributed by atoms with Crippen LogP contribution < -0.4 is 0 Å². The second kappa shape index (κ2) is 11.3. The largest absolute Gasteiger partial charge is 0.462 e. The molecule has 0 aromatic rings. The quantitative estimate of drug-likeness (QED) is 0.185. The molecule has 3 saturated carbocycles. The predicted octanol–water partition coefficient (Wildman–Crippen LogP) is 7.65. The van der Waals surface area contributed by atoms with Crippen molar-refractivity contribution in [2.75, 3.05) is 5.88 Å². The van der Waals surface area contributed by atoms with Crippen molar-refractivity contribution in [2.24, 2.45) is 35.0 Å². The Labute approximate surface area is 206 Å². The molecule has 4 aliphatic carbocycles. The predicted molar refractivity (Wildman–Crippen MR) is 134 cm³/mol. The van der Waals surface area contributed by atoms with Gasteiger partial charge in [-0.15, -0.1) is 11.6 Å². The average molecular weight is 477 g/mol. The van der Waals surface area contributed by atoms with Crippen LogP contribution in [-0.2, 0) is 14.3 Å². The summed E-state index contributed by atoms with van der Waals surface area (Å²) in [5.74, 6) is 4.49. The van der Waals surface area contributed by atoms with Gasteiger partial charge >= 0.3 is 5.97 Å². The number of rotatable bonds is 10. The molecule has 0 amide bonds. The third-order valence-corrected chi connectivity index (χ3v) is 10.2. The first-order chi connectivity index (χ1) is 15.9. The van der Waals surface area contributed by atoms with E-state index in [1.165, 1.54) is 69.8 Å². The number of carbonyl (C=O) groups is 2. The summed E-state index contributed by atoms with van der Waals surface area (Å²) in [6, 6.07) is 0. The van der Waals surface area contributed by atoms with Crippen molar-refractivity contribution in [2.45, 2.75) is 116 Å². The van der Waals surface area contributed by atoms with Crippen LogP contribution in [0.25, 0.3) is 0 Å². The molecule has 0 N–H and O–H groups in total. The number of fused-ring (bicyclic) bond motifs is 5. The molecule has 0 saturated heterocycles. The average Bonchev–Trinajstić information content (AvgIpc) is 3.10. The molecule has 3 nitrogen and oxygen atoms in total. The van der Waals surface area contributed by atoms with Gasteiger partial charge in [-0.3, -0.25) is 9.59 Å². The zero-order chi connectivity index (χ0) is 23.4. The summed E-state index contributed by atoms with van der Waals surface area (Å²) >= 11 is 5.80. The minimum Gasteiger partial charge on any atom is -0.462 e. The normalized spacial score (nSPS) is 37.7. The minimum atomic E-state index is -0.119. The van der Waals surface area contributed by atoms with Gasteiger partial charge in [0.15, 0.2) is 5.78 Å². The molecule has 0 bridgehead atoms. The van der Waals surface area contributed by atoms with Gasteiger partial charge in [0, 0.05) is 24.6 Å². The van der Waals surface area contributed by atoms with Gasteiger partial charge in [0.1, 0.15) is 6.10 Å². The molecule has 33 heavy (non-hydrogen) atoms. The van der Waals surface area contributed by atoms with Gasteiger partial charge in [0.25, 0.3) is 0 Å². The van der Waals surface area contributed by atoms with Gasteiger partial charge < -0.3 is 4.74 Å². The zero-order valence-corrected chi connectivity index (χ0v) is 21.7. The van der Waals surface area contributed by atoms with Crippen LogP contribution in [0.5, 0.6) is 0 Å². The Morgan fingerprint density at radius 3 is 2.52 bits per heavy atom. The van der Waals surface area contributed by atoms with Crippen LogP contribution in [-0.4, -0.2) is 23.7 Å². The van der Waals surface area contributed by atoms with Crippen molar-refractivity contribution < 1.29 is 14.3 Å². The fourth-order valence-corrected chi connectivity index (χ4v) is 8.59. The standard InChI is InChI=1S/C29H45ClO3/c1-20(31)33-27-14-13-26-28-21(10-8-6-4-3-5-7-9-17-30)18-22-19-23(32)11-12-24(22)25(28)15-16-29(26,27)2/h19,21,24-28H,3-18H2,1-2H3/t21-,24?,25-,26+,27+,28-,29+/m1/s1. The van der Waals surface area contributed by atoms with E-state index < -0.39 is 0 Å². The van der Waals surface area contributed by atoms with E-state index in [1.54, 1.807) is 6.92 Å². The highest BCUT2D eigenvalue weighted by atomic mass is 35.5. The monoisotopic (exact) mass is 476 g/mol. The Bertz CT molecular complexity index is 730. The van der Waals surface area contributed by atoms with Gasteiger partial charge in [-0.1, -0.05) is 51.0 Å². The van der Waals surface area contributed by atoms with E-state index in [4.69, 9.17) is 16.3 Å². The summed E-state index contributed by atoms with van der Waals surface area (Å²) in [5, 5.41) is 0. The number of carbonyl (C=O) groups excluding carboxylic acids is 2. The first-order valence-corrected chi connectivity index (χ1v) is 14.4. The summed E-state index contributed by atoms with van der Waals surface area (Å²) in [7, 11) is 0. The van der Waals surface area contributed by atoms with Crippen LogP contribution in [0.4, 0.5) is 0 Å². The van der Waals surface area contributed by atoms with Gasteiger partial charge in [-0.05, 0) is 87.0 Å². The number of ether oxygens (including phenoxy) is 1. The van der Waals surface area contributed by atoms with Crippen molar-refractivity contribution >= 4 is 23.4 Å². The molecule has 0 aromatic heterocycles. The summed E-state index contributed by atoms with van der Waals surface area (Å²) in [6.07, 6.45) is 20.1. The molecule has 1 unspecified atom stereocenters. The maximum Gasteiger partial charge on any atom is 0.302 e. The lowest BCUT2D eigenvalue weighted by atomic mass is 9.49. The number of esters is 1. The zero-order valence-electron chi connectivity index (χ0n) is 21.0. The van der Waals surface area contributed by atoms with E-state index in [2.05, 4.69) is 6.92 Å². The highest BCUT2D eigenvalue weighted by molar-refractivity contribution is 6.17. The number of allylic oxidation sites excluding steroid dienone is 1. The van der Waals surface area contributed by atoms with Crippen molar-refractivity contribution in [3.8, 4) is 0 Å². The van der Waals surface area contributed by atoms with Crippen molar-refractivity contribution in [1.29, 1.82) is 0 Å². The van der Waals surface area contributed by atoms with Crippen LogP contribution in [0.2, 0.25) is 0 Å². The third kappa shape index (κ3) is 5.54. The SMILES string of the molecule is CC(=O)O[C@H]1CC[C@H]2[C@@H]3[C@H](CCCCCCCCCCl)CC4=CC(=O)CCC4[C@H]3CC[C@]12C. The maximum atomic E-state index is 12.2. The van der Waals surface area contributed by atoms with E-state index in [-0.39, 0.29) is 17.5 Å². The Balaban J connectivity index is 1.44. The fraction of sp³-hybridized carbons (Fsp3) is 0.862. The van der Waals surface area contributed by atoms with Crippen molar-refractivity contribution in [1.82, 2.24) is 0 Å². The number of ketones is 1. The third-order valence-electron chi connectivity index (χ3n) is 9.90. The molecular formula is C29H45ClO3. The van der Waals surface area contributed by atoms with E-state index in [1.807, 2.05) is 6.08 Å². The molecule has 4 aliphatic rings. The second-order valence-corrected chi connectivity index (χ2v) is 12.2. The van der Waals surface area contributed by atoms with E-state index >= 15 is 0 Å². The Morgan fingerprint density at radius 1 is 1.06 bits per heavy atom. The molecule has 0 radical (unpaired) electrons. The van der Waals surface area contributed by atoms with Gasteiger partial charge in [0.2, 0.25) is 0 Å². The lowest BCUT2D eigenvalue weighted by molar-refractivity contribution is -0.157. The highest BCUT2D eigenvalue weighted by Crippen LogP contribution is 2.64. The summed E-state index contributed by atoms with van der Waals surface area (Å²) in [4.78, 5) is 24.0. The highest BCUT2D eigenvalue weighted by Gasteiger charge is 2.59. The number of alkyl halides is 1. The number of hydrogen-bond donors (Lipinski definition) is 0. The maximum absolute atomic E-state index is 12.2. The van der Waals surface area contributed by atoms with E-state index in [0.29, 0.717) is 23.5 Å². The molecule has 4 rings (SSSR count). The van der Waals surface area contributed by atoms with Crippen LogP contribution in [0, 0.1) is 35.0 Å². The van der Waals surface area contributed by atoms with Crippen LogP contribution in [0.3, 0.4) is 0 Å². The molecule has 186 valence electrons. The smallest absolute Gasteiger partial charge is 0.302 e. The van der Waals surface area contributed by atoms with Crippen LogP contribution >= 0.6 is 11.6 Å². The summed E-state index contributed by atoms with van der Waals surface area (Å²) in [6.45, 7) is 3.99. The molecule has 0 aliphatic heterocycles. The van der Waals surface area contributed by atoms with Crippen molar-refractivity contribution in [3.63, 3.8) is 0 Å². The van der Waals surface area contributed by atoms with Gasteiger partial charge in [-0.25, -0.2) is 0 Å². The van der Waals surface area contributed by atoms with Crippen LogP contribution in [0.15, 0.2) is 11.6 Å². The lowest BCUT2D eigenvalue weighted by Gasteiger charge is -2.56. The number of hydrogen-bond acceptors (Lipinski definition) is 3. The fourth-order valence-electron chi connectivity index (χ4n) is 8.40. The van der Waals surface area contributed by atoms with Crippen LogP contribution in [0.1, 0.15) is 110 Å². The molecule has 0 aromatic carbocycles. The van der Waals surface area contributed by atoms with Gasteiger partial charge in [0.05, 0.1) is 0 Å². The molecule has 0 spiro atoms. The summed E-state index contributed by atoms with van der Waals surface area (Å²) < 4.78 is 5.87. The van der Waals surface area contributed by atoms with Crippen molar-refractivity contribution in [3.05, 3.63) is 11.6 Å². The topological polar surface area (TPSA) is 43.4 Å². The molecule has 3 fully saturated rings. The molecule has 4 heteroatoms. The Hall–Kier alpha value is -0.830. The number of unbranched alkanes of at least 4 members (excludes halogenated alkanes) is 6. The molecular weight excluding hydrogens is 432 g/mol.